The molecule has 0 aromatic carbocycles. The number of nitrogens with one attached hydrogen (secondary N) is 2. The fourth-order valence-corrected chi connectivity index (χ4v) is 4.46. The zero-order chi connectivity index (χ0) is 15.3. The van der Waals surface area contributed by atoms with Crippen LogP contribution >= 0.6 is 11.3 Å². The molecule has 0 saturated heterocycles. The highest BCUT2D eigenvalue weighted by Crippen LogP contribution is 2.26. The molecule has 20 heavy (non-hydrogen) atoms. The van der Waals surface area contributed by atoms with Crippen LogP contribution in [-0.4, -0.2) is 26.8 Å². The fourth-order valence-electron chi connectivity index (χ4n) is 2.13. The van der Waals surface area contributed by atoms with Crippen LogP contribution in [0.5, 0.6) is 0 Å². The first-order valence-corrected chi connectivity index (χ1v) is 9.48. The molecule has 0 spiro atoms. The lowest BCUT2D eigenvalue weighted by molar-refractivity contribution is 0.552. The first kappa shape index (κ1) is 17.6. The van der Waals surface area contributed by atoms with Gasteiger partial charge in [-0.3, -0.25) is 0 Å². The first-order chi connectivity index (χ1) is 9.21. The summed E-state index contributed by atoms with van der Waals surface area (Å²) in [5, 5.41) is 3.22. The molecule has 0 saturated carbocycles. The molecule has 1 rings (SSSR count). The van der Waals surface area contributed by atoms with Crippen molar-refractivity contribution in [3.63, 3.8) is 0 Å². The van der Waals surface area contributed by atoms with Gasteiger partial charge in [0.1, 0.15) is 0 Å². The second-order valence-electron chi connectivity index (χ2n) is 5.49. The van der Waals surface area contributed by atoms with E-state index < -0.39 is 10.0 Å². The Labute approximate surface area is 127 Å². The molecule has 0 amide bonds. The van der Waals surface area contributed by atoms with E-state index in [1.807, 2.05) is 20.8 Å². The van der Waals surface area contributed by atoms with Crippen molar-refractivity contribution >= 4 is 21.4 Å². The lowest BCUT2D eigenvalue weighted by atomic mass is 10.1. The largest absolute Gasteiger partial charge is 0.314 e. The summed E-state index contributed by atoms with van der Waals surface area (Å²) in [7, 11) is -3.22. The van der Waals surface area contributed by atoms with Crippen LogP contribution < -0.4 is 10.0 Å². The van der Waals surface area contributed by atoms with Crippen molar-refractivity contribution in [2.24, 2.45) is 0 Å². The molecule has 1 atom stereocenters. The van der Waals surface area contributed by atoms with Gasteiger partial charge in [-0.25, -0.2) is 13.1 Å². The Morgan fingerprint density at radius 3 is 2.40 bits per heavy atom. The Bertz CT molecular complexity index is 521. The number of aryl methyl sites for hydroxylation is 2. The minimum absolute atomic E-state index is 0.164. The molecule has 1 aromatic rings. The second-order valence-corrected chi connectivity index (χ2v) is 8.82. The summed E-state index contributed by atoms with van der Waals surface area (Å²) < 4.78 is 26.8. The van der Waals surface area contributed by atoms with E-state index in [1.54, 1.807) is 11.3 Å². The topological polar surface area (TPSA) is 58.2 Å². The van der Waals surface area contributed by atoms with Gasteiger partial charge in [-0.1, -0.05) is 13.8 Å². The molecule has 0 fully saturated rings. The number of rotatable bonds is 8. The summed E-state index contributed by atoms with van der Waals surface area (Å²) in [6.45, 7) is 10.8. The van der Waals surface area contributed by atoms with Gasteiger partial charge in [0, 0.05) is 21.8 Å². The molecular weight excluding hydrogens is 292 g/mol. The molecule has 1 unspecified atom stereocenters. The maximum absolute atomic E-state index is 12.0. The lowest BCUT2D eigenvalue weighted by Crippen LogP contribution is -2.31. The van der Waals surface area contributed by atoms with Gasteiger partial charge in [-0.05, 0) is 45.4 Å². The summed E-state index contributed by atoms with van der Waals surface area (Å²) in [6.07, 6.45) is 0.627. The fraction of sp³-hybridized carbons (Fsp3) is 0.714. The van der Waals surface area contributed by atoms with E-state index in [0.717, 1.165) is 12.1 Å². The van der Waals surface area contributed by atoms with E-state index in [9.17, 15) is 8.42 Å². The second kappa shape index (κ2) is 7.54. The number of hydrogen-bond donors (Lipinski definition) is 2. The quantitative estimate of drug-likeness (QED) is 0.725. The zero-order valence-electron chi connectivity index (χ0n) is 13.0. The van der Waals surface area contributed by atoms with Crippen LogP contribution in [-0.2, 0) is 10.0 Å². The molecule has 0 aliphatic carbocycles. The molecule has 6 heteroatoms. The number of hydrogen-bond acceptors (Lipinski definition) is 4. The van der Waals surface area contributed by atoms with Crippen molar-refractivity contribution in [3.8, 4) is 0 Å². The third kappa shape index (κ3) is 5.91. The molecule has 2 N–H and O–H groups in total. The molecule has 0 aliphatic heterocycles. The van der Waals surface area contributed by atoms with Gasteiger partial charge >= 0.3 is 0 Å². The predicted octanol–water partition coefficient (Wildman–Crippen LogP) is 2.73. The van der Waals surface area contributed by atoms with Crippen LogP contribution in [0.1, 0.15) is 48.6 Å². The Morgan fingerprint density at radius 1 is 1.25 bits per heavy atom. The van der Waals surface area contributed by atoms with Crippen molar-refractivity contribution in [1.29, 1.82) is 0 Å². The third-order valence-corrected chi connectivity index (χ3v) is 5.57. The first-order valence-electron chi connectivity index (χ1n) is 7.01. The zero-order valence-corrected chi connectivity index (χ0v) is 14.6. The highest BCUT2D eigenvalue weighted by atomic mass is 32.2. The van der Waals surface area contributed by atoms with Crippen molar-refractivity contribution in [3.05, 3.63) is 21.4 Å². The highest BCUT2D eigenvalue weighted by Gasteiger charge is 2.18. The third-order valence-electron chi connectivity index (χ3n) is 3.04. The Balaban J connectivity index is 2.51. The average molecular weight is 319 g/mol. The molecule has 0 aliphatic rings. The van der Waals surface area contributed by atoms with Crippen molar-refractivity contribution in [2.45, 2.75) is 53.1 Å². The van der Waals surface area contributed by atoms with Crippen LogP contribution in [0.3, 0.4) is 0 Å². The van der Waals surface area contributed by atoms with Gasteiger partial charge in [0.15, 0.2) is 0 Å². The maximum atomic E-state index is 12.0. The standard InChI is InChI=1S/C14H26N2O2S2/c1-10(2)15-7-6-8-20(17,18)16-12(4)14-9-11(3)19-13(14)5/h9-10,12,15-16H,6-8H2,1-5H3. The van der Waals surface area contributed by atoms with Crippen LogP contribution in [0.25, 0.3) is 0 Å². The number of thiophene rings is 1. The van der Waals surface area contributed by atoms with E-state index in [4.69, 9.17) is 0 Å². The summed E-state index contributed by atoms with van der Waals surface area (Å²) in [6, 6.07) is 2.29. The molecule has 1 heterocycles. The minimum atomic E-state index is -3.22. The summed E-state index contributed by atoms with van der Waals surface area (Å²) >= 11 is 1.70. The van der Waals surface area contributed by atoms with E-state index in [0.29, 0.717) is 12.5 Å². The number of sulfonamides is 1. The van der Waals surface area contributed by atoms with Crippen LogP contribution in [0, 0.1) is 13.8 Å². The van der Waals surface area contributed by atoms with E-state index in [-0.39, 0.29) is 11.8 Å². The summed E-state index contributed by atoms with van der Waals surface area (Å²) in [5.74, 6) is 0.166. The van der Waals surface area contributed by atoms with Gasteiger partial charge in [0.05, 0.1) is 5.75 Å². The lowest BCUT2D eigenvalue weighted by Gasteiger charge is -2.15. The minimum Gasteiger partial charge on any atom is -0.314 e. The smallest absolute Gasteiger partial charge is 0.212 e. The van der Waals surface area contributed by atoms with E-state index >= 15 is 0 Å². The Hall–Kier alpha value is -0.430. The van der Waals surface area contributed by atoms with Gasteiger partial charge in [-0.2, -0.15) is 0 Å². The van der Waals surface area contributed by atoms with E-state index in [2.05, 4.69) is 30.0 Å². The van der Waals surface area contributed by atoms with Crippen LogP contribution in [0.15, 0.2) is 6.07 Å². The van der Waals surface area contributed by atoms with Crippen molar-refractivity contribution in [1.82, 2.24) is 10.0 Å². The molecule has 1 aromatic heterocycles. The van der Waals surface area contributed by atoms with Gasteiger partial charge in [0.2, 0.25) is 10.0 Å². The Kier molecular flexibility index (Phi) is 6.64. The van der Waals surface area contributed by atoms with Crippen LogP contribution in [0.4, 0.5) is 0 Å². The predicted molar refractivity (Wildman–Crippen MR) is 86.9 cm³/mol. The van der Waals surface area contributed by atoms with Crippen molar-refractivity contribution < 1.29 is 8.42 Å². The molecule has 4 nitrogen and oxygen atoms in total. The average Bonchev–Trinajstić information content (AvgIpc) is 2.63. The maximum Gasteiger partial charge on any atom is 0.212 e. The van der Waals surface area contributed by atoms with Crippen LogP contribution in [0.2, 0.25) is 0 Å². The van der Waals surface area contributed by atoms with Gasteiger partial charge < -0.3 is 5.32 Å². The van der Waals surface area contributed by atoms with Crippen molar-refractivity contribution in [2.75, 3.05) is 12.3 Å². The molecule has 0 radical (unpaired) electrons. The van der Waals surface area contributed by atoms with E-state index in [1.165, 1.54) is 9.75 Å². The summed E-state index contributed by atoms with van der Waals surface area (Å²) in [4.78, 5) is 2.39. The normalized spacial score (nSPS) is 13.9. The molecular formula is C14H26N2O2S2. The van der Waals surface area contributed by atoms with Gasteiger partial charge in [-0.15, -0.1) is 11.3 Å². The SMILES string of the molecule is Cc1cc(C(C)NS(=O)(=O)CCCNC(C)C)c(C)s1. The Morgan fingerprint density at radius 2 is 1.90 bits per heavy atom. The monoisotopic (exact) mass is 318 g/mol. The molecule has 116 valence electrons. The molecule has 0 bridgehead atoms. The summed E-state index contributed by atoms with van der Waals surface area (Å²) in [5.41, 5.74) is 1.08. The highest BCUT2D eigenvalue weighted by molar-refractivity contribution is 7.89. The van der Waals surface area contributed by atoms with Gasteiger partial charge in [0.25, 0.3) is 0 Å².